The third kappa shape index (κ3) is 6.23. The second-order valence-electron chi connectivity index (χ2n) is 7.80. The van der Waals surface area contributed by atoms with Crippen LogP contribution in [0, 0.1) is 11.3 Å². The van der Waals surface area contributed by atoms with Crippen LogP contribution in [0.15, 0.2) is 54.6 Å². The SMILES string of the molecule is C/C=C/C(C)NC(=O)c1ccc2nc(-c3ccc(C#N)cc3)c(CCCCC(=O)O)nc2c1. The number of hydrogen-bond acceptors (Lipinski definition) is 5. The second-order valence-corrected chi connectivity index (χ2v) is 7.80. The molecule has 2 N–H and O–H groups in total. The first kappa shape index (κ1) is 23.6. The summed E-state index contributed by atoms with van der Waals surface area (Å²) in [6.45, 7) is 3.80. The highest BCUT2D eigenvalue weighted by Gasteiger charge is 2.14. The number of nitrogens with zero attached hydrogens (tertiary/aromatic N) is 3. The molecule has 2 aromatic carbocycles. The summed E-state index contributed by atoms with van der Waals surface area (Å²) in [4.78, 5) is 33.1. The summed E-state index contributed by atoms with van der Waals surface area (Å²) in [5.41, 5.74) is 4.57. The van der Waals surface area contributed by atoms with Crippen molar-refractivity contribution < 1.29 is 14.7 Å². The monoisotopic (exact) mass is 442 g/mol. The molecule has 0 fully saturated rings. The predicted molar refractivity (Wildman–Crippen MR) is 127 cm³/mol. The average Bonchev–Trinajstić information content (AvgIpc) is 2.81. The van der Waals surface area contributed by atoms with Gasteiger partial charge in [-0.25, -0.2) is 9.97 Å². The Hall–Kier alpha value is -4.05. The first-order chi connectivity index (χ1) is 15.9. The smallest absolute Gasteiger partial charge is 0.303 e. The van der Waals surface area contributed by atoms with E-state index in [2.05, 4.69) is 11.4 Å². The van der Waals surface area contributed by atoms with Crippen LogP contribution in [0.2, 0.25) is 0 Å². The summed E-state index contributed by atoms with van der Waals surface area (Å²) in [6, 6.07) is 14.4. The molecule has 0 aliphatic carbocycles. The number of nitriles is 1. The predicted octanol–water partition coefficient (Wildman–Crippen LogP) is 4.66. The van der Waals surface area contributed by atoms with Gasteiger partial charge < -0.3 is 10.4 Å². The zero-order valence-corrected chi connectivity index (χ0v) is 18.7. The van der Waals surface area contributed by atoms with E-state index in [1.807, 2.05) is 38.1 Å². The van der Waals surface area contributed by atoms with Crippen molar-refractivity contribution in [1.82, 2.24) is 15.3 Å². The molecule has 0 radical (unpaired) electrons. The maximum Gasteiger partial charge on any atom is 0.303 e. The third-order valence-corrected chi connectivity index (χ3v) is 5.18. The number of unbranched alkanes of at least 4 members (excludes halogenated alkanes) is 1. The van der Waals surface area contributed by atoms with Gasteiger partial charge in [0.25, 0.3) is 5.91 Å². The molecule has 0 aliphatic rings. The topological polar surface area (TPSA) is 116 Å². The van der Waals surface area contributed by atoms with Crippen molar-refractivity contribution in [2.75, 3.05) is 0 Å². The van der Waals surface area contributed by atoms with E-state index in [0.29, 0.717) is 47.1 Å². The highest BCUT2D eigenvalue weighted by molar-refractivity contribution is 5.97. The molecular weight excluding hydrogens is 416 g/mol. The summed E-state index contributed by atoms with van der Waals surface area (Å²) in [5, 5.41) is 20.9. The average molecular weight is 443 g/mol. The Morgan fingerprint density at radius 1 is 1.12 bits per heavy atom. The van der Waals surface area contributed by atoms with Crippen LogP contribution < -0.4 is 5.32 Å². The lowest BCUT2D eigenvalue weighted by molar-refractivity contribution is -0.137. The van der Waals surface area contributed by atoms with Crippen molar-refractivity contribution in [2.24, 2.45) is 0 Å². The molecule has 33 heavy (non-hydrogen) atoms. The number of hydrogen-bond donors (Lipinski definition) is 2. The van der Waals surface area contributed by atoms with Crippen molar-refractivity contribution in [3.05, 3.63) is 71.4 Å². The summed E-state index contributed by atoms with van der Waals surface area (Å²) in [5.74, 6) is -1.02. The van der Waals surface area contributed by atoms with Gasteiger partial charge >= 0.3 is 5.97 Å². The number of carboxylic acid groups (broad SMARTS) is 1. The van der Waals surface area contributed by atoms with Crippen LogP contribution in [0.25, 0.3) is 22.3 Å². The molecule has 7 heteroatoms. The summed E-state index contributed by atoms with van der Waals surface area (Å²) in [6.07, 6.45) is 5.63. The van der Waals surface area contributed by atoms with Gasteiger partial charge in [0.1, 0.15) is 0 Å². The van der Waals surface area contributed by atoms with E-state index in [-0.39, 0.29) is 18.4 Å². The second kappa shape index (κ2) is 11.0. The first-order valence-electron chi connectivity index (χ1n) is 10.9. The number of rotatable bonds is 9. The highest BCUT2D eigenvalue weighted by Crippen LogP contribution is 2.26. The van der Waals surface area contributed by atoms with Crippen LogP contribution in [-0.4, -0.2) is 33.0 Å². The Labute approximate surface area is 192 Å². The van der Waals surface area contributed by atoms with E-state index in [9.17, 15) is 9.59 Å². The molecular formula is C26H26N4O3. The standard InChI is InChI=1S/C26H26N4O3/c1-3-6-17(2)28-26(33)20-13-14-21-23(15-20)29-22(7-4-5-8-24(31)32)25(30-21)19-11-9-18(16-27)10-12-19/h3,6,9-15,17H,4-5,7-8H2,1-2H3,(H,28,33)(H,31,32)/b6-3+. The molecule has 1 unspecified atom stereocenters. The molecule has 0 saturated carbocycles. The van der Waals surface area contributed by atoms with Crippen molar-refractivity contribution >= 4 is 22.9 Å². The molecule has 3 aromatic rings. The molecule has 1 aromatic heterocycles. The molecule has 3 rings (SSSR count). The molecule has 0 aliphatic heterocycles. The molecule has 168 valence electrons. The summed E-state index contributed by atoms with van der Waals surface area (Å²) < 4.78 is 0. The number of nitrogens with one attached hydrogen (secondary N) is 1. The molecule has 0 spiro atoms. The van der Waals surface area contributed by atoms with Gasteiger partial charge in [0.2, 0.25) is 0 Å². The number of amides is 1. The first-order valence-corrected chi connectivity index (χ1v) is 10.9. The van der Waals surface area contributed by atoms with E-state index in [0.717, 1.165) is 11.3 Å². The van der Waals surface area contributed by atoms with E-state index >= 15 is 0 Å². The highest BCUT2D eigenvalue weighted by atomic mass is 16.4. The number of carbonyl (C=O) groups excluding carboxylic acids is 1. The molecule has 0 saturated heterocycles. The van der Waals surface area contributed by atoms with Gasteiger partial charge in [-0.05, 0) is 63.4 Å². The Balaban J connectivity index is 1.97. The van der Waals surface area contributed by atoms with Gasteiger partial charge in [0.15, 0.2) is 0 Å². The fourth-order valence-corrected chi connectivity index (χ4v) is 3.54. The van der Waals surface area contributed by atoms with E-state index in [1.165, 1.54) is 0 Å². The zero-order chi connectivity index (χ0) is 23.8. The number of carbonyl (C=O) groups is 2. The number of fused-ring (bicyclic) bond motifs is 1. The zero-order valence-electron chi connectivity index (χ0n) is 18.7. The van der Waals surface area contributed by atoms with Crippen LogP contribution in [-0.2, 0) is 11.2 Å². The van der Waals surface area contributed by atoms with E-state index in [4.69, 9.17) is 20.3 Å². The largest absolute Gasteiger partial charge is 0.481 e. The minimum absolute atomic E-state index is 0.0900. The van der Waals surface area contributed by atoms with Crippen LogP contribution in [0.1, 0.15) is 54.7 Å². The lowest BCUT2D eigenvalue weighted by Crippen LogP contribution is -2.30. The lowest BCUT2D eigenvalue weighted by Gasteiger charge is -2.12. The van der Waals surface area contributed by atoms with Gasteiger partial charge in [0, 0.05) is 23.6 Å². The summed E-state index contributed by atoms with van der Waals surface area (Å²) in [7, 11) is 0. The number of aliphatic carboxylic acids is 1. The number of benzene rings is 2. The number of aromatic nitrogens is 2. The Morgan fingerprint density at radius 2 is 1.88 bits per heavy atom. The van der Waals surface area contributed by atoms with Crippen LogP contribution in [0.4, 0.5) is 0 Å². The van der Waals surface area contributed by atoms with Gasteiger partial charge in [-0.3, -0.25) is 9.59 Å². The van der Waals surface area contributed by atoms with E-state index < -0.39 is 5.97 Å². The van der Waals surface area contributed by atoms with Gasteiger partial charge in [-0.2, -0.15) is 5.26 Å². The molecule has 1 atom stereocenters. The fourth-order valence-electron chi connectivity index (χ4n) is 3.54. The number of allylic oxidation sites excluding steroid dienone is 1. The molecule has 0 bridgehead atoms. The van der Waals surface area contributed by atoms with Gasteiger partial charge in [-0.1, -0.05) is 24.3 Å². The minimum atomic E-state index is -0.824. The van der Waals surface area contributed by atoms with Crippen LogP contribution >= 0.6 is 0 Å². The van der Waals surface area contributed by atoms with Crippen LogP contribution in [0.3, 0.4) is 0 Å². The number of carboxylic acids is 1. The fraction of sp³-hybridized carbons (Fsp3) is 0.269. The Bertz CT molecular complexity index is 1230. The molecule has 1 heterocycles. The van der Waals surface area contributed by atoms with Crippen molar-refractivity contribution in [1.29, 1.82) is 5.26 Å². The van der Waals surface area contributed by atoms with Crippen molar-refractivity contribution in [2.45, 2.75) is 45.6 Å². The molecule has 1 amide bonds. The van der Waals surface area contributed by atoms with Crippen LogP contribution in [0.5, 0.6) is 0 Å². The number of aryl methyl sites for hydroxylation is 1. The van der Waals surface area contributed by atoms with E-state index in [1.54, 1.807) is 30.3 Å². The third-order valence-electron chi connectivity index (χ3n) is 5.18. The molecule has 7 nitrogen and oxygen atoms in total. The van der Waals surface area contributed by atoms with Crippen molar-refractivity contribution in [3.8, 4) is 17.3 Å². The maximum atomic E-state index is 12.6. The van der Waals surface area contributed by atoms with Gasteiger partial charge in [0.05, 0.1) is 34.1 Å². The maximum absolute atomic E-state index is 12.6. The summed E-state index contributed by atoms with van der Waals surface area (Å²) >= 11 is 0. The minimum Gasteiger partial charge on any atom is -0.481 e. The normalized spacial score (nSPS) is 11.9. The Morgan fingerprint density at radius 3 is 2.55 bits per heavy atom. The van der Waals surface area contributed by atoms with Crippen molar-refractivity contribution in [3.63, 3.8) is 0 Å². The van der Waals surface area contributed by atoms with Gasteiger partial charge in [-0.15, -0.1) is 0 Å². The lowest BCUT2D eigenvalue weighted by atomic mass is 10.0. The Kier molecular flexibility index (Phi) is 7.87. The quantitative estimate of drug-likeness (QED) is 0.368.